The number of hydrogen-bond acceptors (Lipinski definition) is 5. The molecule has 0 saturated carbocycles. The Labute approximate surface area is 141 Å². The Morgan fingerprint density at radius 1 is 1.29 bits per heavy atom. The predicted molar refractivity (Wildman–Crippen MR) is 89.5 cm³/mol. The number of rotatable bonds is 3. The number of aromatic nitrogens is 2. The minimum absolute atomic E-state index is 0.0492. The van der Waals surface area contributed by atoms with Gasteiger partial charge in [-0.25, -0.2) is 4.98 Å². The number of carbonyl (C=O) groups is 1. The summed E-state index contributed by atoms with van der Waals surface area (Å²) < 4.78 is 5.27. The molecule has 2 saturated heterocycles. The van der Waals surface area contributed by atoms with Crippen molar-refractivity contribution in [3.05, 3.63) is 41.4 Å². The first-order valence-electron chi connectivity index (χ1n) is 8.42. The van der Waals surface area contributed by atoms with E-state index in [1.165, 1.54) is 5.56 Å². The maximum atomic E-state index is 12.5. The highest BCUT2D eigenvalue weighted by Crippen LogP contribution is 2.41. The molecule has 0 bridgehead atoms. The number of pyridine rings is 1. The van der Waals surface area contributed by atoms with Crippen LogP contribution in [0.1, 0.15) is 29.9 Å². The molecule has 1 amide bonds. The van der Waals surface area contributed by atoms with E-state index >= 15 is 0 Å². The minimum atomic E-state index is 0.0492. The minimum Gasteiger partial charge on any atom is -0.361 e. The maximum absolute atomic E-state index is 12.5. The first kappa shape index (κ1) is 15.3. The summed E-state index contributed by atoms with van der Waals surface area (Å²) in [6.07, 6.45) is 3.40. The number of nitrogens with zero attached hydrogens (tertiary/aromatic N) is 4. The summed E-state index contributed by atoms with van der Waals surface area (Å²) in [6, 6.07) is 5.72. The zero-order chi connectivity index (χ0) is 16.7. The molecule has 0 N–H and O–H groups in total. The van der Waals surface area contributed by atoms with Crippen molar-refractivity contribution in [2.45, 2.75) is 33.2 Å². The molecule has 2 aliphatic heterocycles. The van der Waals surface area contributed by atoms with E-state index in [9.17, 15) is 4.79 Å². The lowest BCUT2D eigenvalue weighted by Crippen LogP contribution is -2.31. The van der Waals surface area contributed by atoms with Crippen molar-refractivity contribution in [2.75, 3.05) is 24.5 Å². The second-order valence-electron chi connectivity index (χ2n) is 7.11. The van der Waals surface area contributed by atoms with Crippen molar-refractivity contribution in [1.29, 1.82) is 0 Å². The van der Waals surface area contributed by atoms with Crippen molar-refractivity contribution >= 4 is 11.7 Å². The standard InChI is InChI=1S/C18H22N4O2/c1-13-15(14(2)24-20-13)10-21-8-6-18(11-21)9-17(23)22(12-18)16-5-3-4-7-19-16/h3-5,7H,6,8-12H2,1-2H3/t18-/m0/s1. The number of aryl methyl sites for hydroxylation is 2. The van der Waals surface area contributed by atoms with Crippen LogP contribution in [0.25, 0.3) is 0 Å². The SMILES string of the molecule is Cc1noc(C)c1CN1CC[C@]2(CC(=O)N(c3ccccn3)C2)C1. The molecule has 4 heterocycles. The lowest BCUT2D eigenvalue weighted by Gasteiger charge is -2.24. The molecule has 0 unspecified atom stereocenters. The summed E-state index contributed by atoms with van der Waals surface area (Å²) >= 11 is 0. The van der Waals surface area contributed by atoms with Gasteiger partial charge < -0.3 is 4.52 Å². The van der Waals surface area contributed by atoms with Gasteiger partial charge in [0, 0.05) is 43.2 Å². The van der Waals surface area contributed by atoms with Crippen LogP contribution >= 0.6 is 0 Å². The fraction of sp³-hybridized carbons (Fsp3) is 0.500. The predicted octanol–water partition coefficient (Wildman–Crippen LogP) is 2.32. The molecule has 6 heteroatoms. The molecular formula is C18H22N4O2. The molecule has 0 aliphatic carbocycles. The van der Waals surface area contributed by atoms with Gasteiger partial charge in [-0.3, -0.25) is 14.6 Å². The molecule has 24 heavy (non-hydrogen) atoms. The van der Waals surface area contributed by atoms with Gasteiger partial charge >= 0.3 is 0 Å². The molecule has 1 atom stereocenters. The van der Waals surface area contributed by atoms with Crippen LogP contribution < -0.4 is 4.90 Å². The Kier molecular flexibility index (Phi) is 3.64. The third-order valence-electron chi connectivity index (χ3n) is 5.33. The number of anilines is 1. The molecule has 2 aromatic rings. The van der Waals surface area contributed by atoms with Crippen LogP contribution in [0.5, 0.6) is 0 Å². The lowest BCUT2D eigenvalue weighted by atomic mass is 9.86. The molecule has 6 nitrogen and oxygen atoms in total. The number of amides is 1. The number of hydrogen-bond donors (Lipinski definition) is 0. The second kappa shape index (κ2) is 5.70. The van der Waals surface area contributed by atoms with Gasteiger partial charge in [0.05, 0.1) is 5.69 Å². The molecule has 126 valence electrons. The van der Waals surface area contributed by atoms with Crippen LogP contribution in [0.2, 0.25) is 0 Å². The third kappa shape index (κ3) is 2.60. The topological polar surface area (TPSA) is 62.5 Å². The average molecular weight is 326 g/mol. The molecule has 1 spiro atoms. The normalized spacial score (nSPS) is 24.4. The highest BCUT2D eigenvalue weighted by atomic mass is 16.5. The van der Waals surface area contributed by atoms with E-state index in [0.717, 1.165) is 49.9 Å². The van der Waals surface area contributed by atoms with Crippen LogP contribution in [0.15, 0.2) is 28.9 Å². The first-order valence-corrected chi connectivity index (χ1v) is 8.42. The molecule has 2 aromatic heterocycles. The molecule has 2 fully saturated rings. The van der Waals surface area contributed by atoms with E-state index in [1.54, 1.807) is 6.20 Å². The second-order valence-corrected chi connectivity index (χ2v) is 7.11. The van der Waals surface area contributed by atoms with Crippen molar-refractivity contribution in [3.8, 4) is 0 Å². The van der Waals surface area contributed by atoms with Crippen LogP contribution in [0.3, 0.4) is 0 Å². The van der Waals surface area contributed by atoms with Gasteiger partial charge in [-0.15, -0.1) is 0 Å². The summed E-state index contributed by atoms with van der Waals surface area (Å²) in [5.74, 6) is 1.85. The van der Waals surface area contributed by atoms with Crippen molar-refractivity contribution in [3.63, 3.8) is 0 Å². The molecule has 2 aliphatic rings. The van der Waals surface area contributed by atoms with Gasteiger partial charge in [-0.1, -0.05) is 11.2 Å². The Balaban J connectivity index is 1.47. The highest BCUT2D eigenvalue weighted by molar-refractivity contribution is 5.95. The summed E-state index contributed by atoms with van der Waals surface area (Å²) in [6.45, 7) is 7.50. The quantitative estimate of drug-likeness (QED) is 0.866. The summed E-state index contributed by atoms with van der Waals surface area (Å²) in [4.78, 5) is 21.1. The van der Waals surface area contributed by atoms with Crippen molar-refractivity contribution in [1.82, 2.24) is 15.0 Å². The molecule has 0 aromatic carbocycles. The summed E-state index contributed by atoms with van der Waals surface area (Å²) in [5.41, 5.74) is 2.19. The monoisotopic (exact) mass is 326 g/mol. The largest absolute Gasteiger partial charge is 0.361 e. The number of likely N-dealkylation sites (tertiary alicyclic amines) is 1. The van der Waals surface area contributed by atoms with Crippen molar-refractivity contribution < 1.29 is 9.32 Å². The van der Waals surface area contributed by atoms with Gasteiger partial charge in [0.15, 0.2) is 0 Å². The van der Waals surface area contributed by atoms with E-state index in [0.29, 0.717) is 6.42 Å². The Bertz CT molecular complexity index is 738. The Morgan fingerprint density at radius 2 is 2.17 bits per heavy atom. The average Bonchev–Trinajstić information content (AvgIpc) is 3.22. The molecular weight excluding hydrogens is 304 g/mol. The van der Waals surface area contributed by atoms with Crippen LogP contribution in [0, 0.1) is 19.3 Å². The Hall–Kier alpha value is -2.21. The van der Waals surface area contributed by atoms with E-state index in [2.05, 4.69) is 15.0 Å². The maximum Gasteiger partial charge on any atom is 0.228 e. The van der Waals surface area contributed by atoms with Crippen LogP contribution in [-0.4, -0.2) is 40.6 Å². The van der Waals surface area contributed by atoms with Gasteiger partial charge in [-0.2, -0.15) is 0 Å². The van der Waals surface area contributed by atoms with E-state index in [4.69, 9.17) is 4.52 Å². The lowest BCUT2D eigenvalue weighted by molar-refractivity contribution is -0.117. The first-order chi connectivity index (χ1) is 11.6. The molecule has 0 radical (unpaired) electrons. The van der Waals surface area contributed by atoms with E-state index in [-0.39, 0.29) is 11.3 Å². The van der Waals surface area contributed by atoms with Gasteiger partial charge in [0.25, 0.3) is 0 Å². The van der Waals surface area contributed by atoms with Crippen LogP contribution in [-0.2, 0) is 11.3 Å². The van der Waals surface area contributed by atoms with Gasteiger partial charge in [-0.05, 0) is 38.9 Å². The smallest absolute Gasteiger partial charge is 0.228 e. The summed E-state index contributed by atoms with van der Waals surface area (Å²) in [5, 5.41) is 4.04. The number of carbonyl (C=O) groups excluding carboxylic acids is 1. The van der Waals surface area contributed by atoms with Crippen molar-refractivity contribution in [2.24, 2.45) is 5.41 Å². The van der Waals surface area contributed by atoms with E-state index < -0.39 is 0 Å². The van der Waals surface area contributed by atoms with Crippen LogP contribution in [0.4, 0.5) is 5.82 Å². The fourth-order valence-electron chi connectivity index (χ4n) is 4.01. The highest BCUT2D eigenvalue weighted by Gasteiger charge is 2.48. The third-order valence-corrected chi connectivity index (χ3v) is 5.33. The summed E-state index contributed by atoms with van der Waals surface area (Å²) in [7, 11) is 0. The van der Waals surface area contributed by atoms with Gasteiger partial charge in [0.1, 0.15) is 11.6 Å². The van der Waals surface area contributed by atoms with Gasteiger partial charge in [0.2, 0.25) is 5.91 Å². The zero-order valence-corrected chi connectivity index (χ0v) is 14.2. The van der Waals surface area contributed by atoms with E-state index in [1.807, 2.05) is 36.9 Å². The Morgan fingerprint density at radius 3 is 2.88 bits per heavy atom. The molecule has 4 rings (SSSR count). The zero-order valence-electron chi connectivity index (χ0n) is 14.2. The fourth-order valence-corrected chi connectivity index (χ4v) is 4.01.